The Bertz CT molecular complexity index is 492. The van der Waals surface area contributed by atoms with E-state index < -0.39 is 11.4 Å². The molecule has 1 heterocycles. The molecule has 1 saturated heterocycles. The minimum Gasteiger partial charge on any atom is -0.504 e. The highest BCUT2D eigenvalue weighted by molar-refractivity contribution is 8.00. The standard InChI is InChI=1S/C13H17NO4S/c1-7-5-8(6-9(18-2)10(7)15)11(16)12-13(17)14-3-4-19-12/h5-6,11-12,15-16H,3-4H2,1-2H3,(H,14,17). The lowest BCUT2D eigenvalue weighted by Gasteiger charge is -2.26. The summed E-state index contributed by atoms with van der Waals surface area (Å²) in [4.78, 5) is 11.7. The maximum atomic E-state index is 11.7. The van der Waals surface area contributed by atoms with Gasteiger partial charge in [0.1, 0.15) is 5.25 Å². The molecule has 1 aliphatic heterocycles. The van der Waals surface area contributed by atoms with E-state index in [0.717, 1.165) is 5.75 Å². The SMILES string of the molecule is COc1cc(C(O)C2SCCNC2=O)cc(C)c1O. The molecule has 0 aromatic heterocycles. The third-order valence-electron chi connectivity index (χ3n) is 3.09. The van der Waals surface area contributed by atoms with Crippen molar-refractivity contribution in [1.29, 1.82) is 0 Å². The summed E-state index contributed by atoms with van der Waals surface area (Å²) in [6.45, 7) is 2.35. The van der Waals surface area contributed by atoms with Crippen LogP contribution in [0.2, 0.25) is 0 Å². The van der Waals surface area contributed by atoms with Gasteiger partial charge >= 0.3 is 0 Å². The fraction of sp³-hybridized carbons (Fsp3) is 0.462. The molecule has 1 fully saturated rings. The van der Waals surface area contributed by atoms with Crippen LogP contribution in [0.4, 0.5) is 0 Å². The van der Waals surface area contributed by atoms with Crippen LogP contribution in [0.15, 0.2) is 12.1 Å². The molecule has 104 valence electrons. The van der Waals surface area contributed by atoms with Crippen LogP contribution < -0.4 is 10.1 Å². The van der Waals surface area contributed by atoms with Gasteiger partial charge in [0.05, 0.1) is 13.2 Å². The number of benzene rings is 1. The average molecular weight is 283 g/mol. The van der Waals surface area contributed by atoms with E-state index in [4.69, 9.17) is 4.74 Å². The second-order valence-corrected chi connectivity index (χ2v) is 5.67. The Morgan fingerprint density at radius 2 is 2.26 bits per heavy atom. The number of rotatable bonds is 3. The van der Waals surface area contributed by atoms with Gasteiger partial charge in [0.2, 0.25) is 5.91 Å². The molecule has 1 amide bonds. The Kier molecular flexibility index (Phi) is 4.21. The van der Waals surface area contributed by atoms with Crippen molar-refractivity contribution in [2.75, 3.05) is 19.4 Å². The van der Waals surface area contributed by atoms with Crippen molar-refractivity contribution in [2.45, 2.75) is 18.3 Å². The maximum absolute atomic E-state index is 11.7. The highest BCUT2D eigenvalue weighted by atomic mass is 32.2. The fourth-order valence-electron chi connectivity index (χ4n) is 2.05. The summed E-state index contributed by atoms with van der Waals surface area (Å²) in [7, 11) is 1.45. The summed E-state index contributed by atoms with van der Waals surface area (Å²) in [6.07, 6.45) is -0.918. The van der Waals surface area contributed by atoms with E-state index in [-0.39, 0.29) is 11.7 Å². The van der Waals surface area contributed by atoms with E-state index in [2.05, 4.69) is 5.32 Å². The van der Waals surface area contributed by atoms with Crippen LogP contribution in [0.3, 0.4) is 0 Å². The highest BCUT2D eigenvalue weighted by Crippen LogP contribution is 2.36. The van der Waals surface area contributed by atoms with Gasteiger partial charge in [-0.3, -0.25) is 4.79 Å². The van der Waals surface area contributed by atoms with Crippen LogP contribution in [0.25, 0.3) is 0 Å². The number of aromatic hydroxyl groups is 1. The van der Waals surface area contributed by atoms with Gasteiger partial charge in [-0.05, 0) is 30.2 Å². The van der Waals surface area contributed by atoms with Crippen molar-refractivity contribution in [3.63, 3.8) is 0 Å². The zero-order chi connectivity index (χ0) is 14.0. The summed E-state index contributed by atoms with van der Waals surface area (Å²) < 4.78 is 5.06. The third-order valence-corrected chi connectivity index (χ3v) is 4.36. The number of aryl methyl sites for hydroxylation is 1. The molecule has 0 saturated carbocycles. The molecule has 19 heavy (non-hydrogen) atoms. The number of aliphatic hydroxyl groups excluding tert-OH is 1. The number of carbonyl (C=O) groups excluding carboxylic acids is 1. The maximum Gasteiger partial charge on any atom is 0.236 e. The minimum atomic E-state index is -0.918. The summed E-state index contributed by atoms with van der Waals surface area (Å²) in [5.41, 5.74) is 1.18. The van der Waals surface area contributed by atoms with Crippen molar-refractivity contribution in [1.82, 2.24) is 5.32 Å². The van der Waals surface area contributed by atoms with Crippen LogP contribution in [0.5, 0.6) is 11.5 Å². The quantitative estimate of drug-likeness (QED) is 0.770. The molecule has 1 aliphatic rings. The normalized spacial score (nSPS) is 20.8. The van der Waals surface area contributed by atoms with Crippen molar-refractivity contribution in [2.24, 2.45) is 0 Å². The van der Waals surface area contributed by atoms with Gasteiger partial charge in [0.25, 0.3) is 0 Å². The minimum absolute atomic E-state index is 0.0548. The van der Waals surface area contributed by atoms with E-state index in [1.54, 1.807) is 19.1 Å². The van der Waals surface area contributed by atoms with Crippen molar-refractivity contribution >= 4 is 17.7 Å². The molecule has 3 N–H and O–H groups in total. The molecule has 1 aromatic carbocycles. The predicted octanol–water partition coefficient (Wildman–Crippen LogP) is 0.974. The Morgan fingerprint density at radius 3 is 2.89 bits per heavy atom. The molecule has 5 nitrogen and oxygen atoms in total. The van der Waals surface area contributed by atoms with Crippen LogP contribution in [-0.2, 0) is 4.79 Å². The number of amides is 1. The lowest BCUT2D eigenvalue weighted by molar-refractivity contribution is -0.122. The van der Waals surface area contributed by atoms with E-state index >= 15 is 0 Å². The van der Waals surface area contributed by atoms with E-state index in [0.29, 0.717) is 23.4 Å². The summed E-state index contributed by atoms with van der Waals surface area (Å²) in [5, 5.41) is 22.3. The highest BCUT2D eigenvalue weighted by Gasteiger charge is 2.31. The number of hydrogen-bond donors (Lipinski definition) is 3. The first-order valence-electron chi connectivity index (χ1n) is 5.99. The Balaban J connectivity index is 2.30. The van der Waals surface area contributed by atoms with Gasteiger partial charge in [0, 0.05) is 12.3 Å². The second-order valence-electron chi connectivity index (χ2n) is 4.42. The first kappa shape index (κ1) is 14.0. The number of phenolic OH excluding ortho intramolecular Hbond substituents is 1. The zero-order valence-corrected chi connectivity index (χ0v) is 11.7. The molecule has 0 spiro atoms. The van der Waals surface area contributed by atoms with Crippen molar-refractivity contribution in [3.8, 4) is 11.5 Å². The number of hydrogen-bond acceptors (Lipinski definition) is 5. The lowest BCUT2D eigenvalue weighted by Crippen LogP contribution is -2.42. The second kappa shape index (κ2) is 5.71. The van der Waals surface area contributed by atoms with Gasteiger partial charge in [-0.2, -0.15) is 0 Å². The Morgan fingerprint density at radius 1 is 1.53 bits per heavy atom. The van der Waals surface area contributed by atoms with E-state index in [1.807, 2.05) is 0 Å². The molecule has 1 aromatic rings. The van der Waals surface area contributed by atoms with E-state index in [1.165, 1.54) is 18.9 Å². The molecule has 0 aliphatic carbocycles. The van der Waals surface area contributed by atoms with Gasteiger partial charge in [0.15, 0.2) is 11.5 Å². The predicted molar refractivity (Wildman–Crippen MR) is 73.6 cm³/mol. The van der Waals surface area contributed by atoms with Crippen molar-refractivity contribution < 1.29 is 19.7 Å². The first-order chi connectivity index (χ1) is 9.04. The van der Waals surface area contributed by atoms with E-state index in [9.17, 15) is 15.0 Å². The van der Waals surface area contributed by atoms with Crippen LogP contribution in [0.1, 0.15) is 17.2 Å². The molecule has 0 radical (unpaired) electrons. The third kappa shape index (κ3) is 2.79. The van der Waals surface area contributed by atoms with Gasteiger partial charge in [-0.1, -0.05) is 0 Å². The van der Waals surface area contributed by atoms with Gasteiger partial charge < -0.3 is 20.3 Å². The number of aliphatic hydroxyl groups is 1. The molecule has 2 atom stereocenters. The average Bonchev–Trinajstić information content (AvgIpc) is 2.41. The Hall–Kier alpha value is -1.40. The fourth-order valence-corrected chi connectivity index (χ4v) is 3.09. The number of phenols is 1. The number of ether oxygens (including phenoxy) is 1. The zero-order valence-electron chi connectivity index (χ0n) is 10.8. The molecule has 2 unspecified atom stereocenters. The van der Waals surface area contributed by atoms with Gasteiger partial charge in [-0.15, -0.1) is 11.8 Å². The van der Waals surface area contributed by atoms with Gasteiger partial charge in [-0.25, -0.2) is 0 Å². The first-order valence-corrected chi connectivity index (χ1v) is 7.04. The number of thioether (sulfide) groups is 1. The summed E-state index contributed by atoms with van der Waals surface area (Å²) in [6, 6.07) is 3.24. The summed E-state index contributed by atoms with van der Waals surface area (Å²) >= 11 is 1.43. The number of carbonyl (C=O) groups is 1. The lowest BCUT2D eigenvalue weighted by atomic mass is 10.0. The summed E-state index contributed by atoms with van der Waals surface area (Å²) in [5.74, 6) is 0.977. The van der Waals surface area contributed by atoms with Crippen LogP contribution in [-0.4, -0.2) is 40.8 Å². The molecular formula is C13H17NO4S. The molecule has 0 bridgehead atoms. The van der Waals surface area contributed by atoms with Crippen LogP contribution >= 0.6 is 11.8 Å². The number of methoxy groups -OCH3 is 1. The Labute approximate surface area is 116 Å². The molecule has 2 rings (SSSR count). The largest absolute Gasteiger partial charge is 0.504 e. The monoisotopic (exact) mass is 283 g/mol. The van der Waals surface area contributed by atoms with Crippen molar-refractivity contribution in [3.05, 3.63) is 23.3 Å². The molecule has 6 heteroatoms. The molecular weight excluding hydrogens is 266 g/mol. The topological polar surface area (TPSA) is 78.8 Å². The smallest absolute Gasteiger partial charge is 0.236 e. The van der Waals surface area contributed by atoms with Crippen LogP contribution in [0, 0.1) is 6.92 Å². The number of nitrogens with one attached hydrogen (secondary N) is 1.